The van der Waals surface area contributed by atoms with Gasteiger partial charge in [-0.05, 0) is 0 Å². The Labute approximate surface area is 113 Å². The molecule has 1 aliphatic carbocycles. The number of hydrogen-bond acceptors (Lipinski definition) is 4. The zero-order valence-corrected chi connectivity index (χ0v) is 12.6. The Balaban J connectivity index is 2.45. The summed E-state index contributed by atoms with van der Waals surface area (Å²) in [6.07, 6.45) is 4.49. The molecule has 0 amide bonds. The van der Waals surface area contributed by atoms with Gasteiger partial charge in [0.2, 0.25) is 0 Å². The molecule has 0 atom stereocenters. The van der Waals surface area contributed by atoms with Crippen LogP contribution in [0.15, 0.2) is 10.3 Å². The minimum absolute atomic E-state index is 0.0729. The number of nitrogens with zero attached hydrogens (tertiary/aromatic N) is 3. The van der Waals surface area contributed by atoms with Crippen molar-refractivity contribution < 1.29 is 9.53 Å². The molecule has 98 valence electrons. The molecular formula is C12H17N3O2Se. The van der Waals surface area contributed by atoms with Gasteiger partial charge in [-0.15, -0.1) is 0 Å². The number of carbonyl (C=O) groups excluding carboxylic acids is 1. The molecule has 0 saturated heterocycles. The average Bonchev–Trinajstić information content (AvgIpc) is 2.74. The molecule has 2 rings (SSSR count). The van der Waals surface area contributed by atoms with Crippen LogP contribution in [-0.2, 0) is 17.6 Å². The molecule has 1 aliphatic rings. The molecule has 0 aromatic carbocycles. The van der Waals surface area contributed by atoms with Crippen LogP contribution in [0.1, 0.15) is 32.1 Å². The number of hydrogen-bond donors (Lipinski definition) is 0. The summed E-state index contributed by atoms with van der Waals surface area (Å²) >= 11 is 0.0729. The Morgan fingerprint density at radius 1 is 1.33 bits per heavy atom. The number of methoxy groups -OCH3 is 1. The number of aryl methyl sites for hydroxylation is 1. The average molecular weight is 314 g/mol. The van der Waals surface area contributed by atoms with Gasteiger partial charge in [-0.2, -0.15) is 0 Å². The third kappa shape index (κ3) is 2.65. The van der Waals surface area contributed by atoms with Crippen LogP contribution in [-0.4, -0.2) is 46.7 Å². The number of fused-ring (bicyclic) bond motifs is 1. The molecule has 6 heteroatoms. The van der Waals surface area contributed by atoms with Crippen molar-refractivity contribution in [2.24, 2.45) is 10.3 Å². The first-order chi connectivity index (χ1) is 8.63. The van der Waals surface area contributed by atoms with Crippen LogP contribution >= 0.6 is 0 Å². The van der Waals surface area contributed by atoms with Crippen molar-refractivity contribution in [1.29, 1.82) is 0 Å². The molecule has 1 aromatic rings. The molecule has 0 aliphatic heterocycles. The fourth-order valence-electron chi connectivity index (χ4n) is 2.02. The van der Waals surface area contributed by atoms with E-state index in [0.29, 0.717) is 0 Å². The van der Waals surface area contributed by atoms with E-state index in [2.05, 4.69) is 10.3 Å². The van der Waals surface area contributed by atoms with Gasteiger partial charge in [0.25, 0.3) is 0 Å². The summed E-state index contributed by atoms with van der Waals surface area (Å²) in [5, 5.41) is 9.91. The Hall–Kier alpha value is -1.13. The van der Waals surface area contributed by atoms with Crippen molar-refractivity contribution >= 4 is 26.2 Å². The third-order valence-electron chi connectivity index (χ3n) is 2.84. The van der Waals surface area contributed by atoms with Gasteiger partial charge < -0.3 is 0 Å². The van der Waals surface area contributed by atoms with Crippen molar-refractivity contribution in [2.45, 2.75) is 25.7 Å². The molecular weight excluding hydrogens is 297 g/mol. The van der Waals surface area contributed by atoms with Crippen LogP contribution in [0.2, 0.25) is 0 Å². The van der Waals surface area contributed by atoms with E-state index >= 15 is 0 Å². The molecule has 5 nitrogen and oxygen atoms in total. The fourth-order valence-corrected chi connectivity index (χ4v) is 4.63. The summed E-state index contributed by atoms with van der Waals surface area (Å²) in [5.74, 6) is -0.253. The molecule has 0 fully saturated rings. The van der Waals surface area contributed by atoms with Gasteiger partial charge >= 0.3 is 112 Å². The maximum atomic E-state index is 11.8. The van der Waals surface area contributed by atoms with Gasteiger partial charge in [0, 0.05) is 0 Å². The first-order valence-electron chi connectivity index (χ1n) is 5.95. The normalized spacial score (nSPS) is 14.6. The predicted octanol–water partition coefficient (Wildman–Crippen LogP) is 1.97. The summed E-state index contributed by atoms with van der Waals surface area (Å²) in [7, 11) is 5.06. The summed E-state index contributed by atoms with van der Waals surface area (Å²) in [5.41, 5.74) is 2.01. The van der Waals surface area contributed by atoms with E-state index in [9.17, 15) is 4.79 Å². The second kappa shape index (κ2) is 5.67. The maximum absolute atomic E-state index is 11.8. The summed E-state index contributed by atoms with van der Waals surface area (Å²) < 4.78 is 6.98. The van der Waals surface area contributed by atoms with Gasteiger partial charge in [-0.25, -0.2) is 0 Å². The standard InChI is InChI=1S/C12H17N3O2Se/c1-15(2)14-13-10-8-6-4-5-7-9(8)18-11(10)12(16)17-3/h4-7H2,1-3H3. The van der Waals surface area contributed by atoms with Gasteiger partial charge in [0.1, 0.15) is 0 Å². The topological polar surface area (TPSA) is 54.3 Å². The Kier molecular flexibility index (Phi) is 4.19. The van der Waals surface area contributed by atoms with Gasteiger partial charge in [0.05, 0.1) is 0 Å². The van der Waals surface area contributed by atoms with Crippen molar-refractivity contribution in [3.05, 3.63) is 14.4 Å². The zero-order chi connectivity index (χ0) is 13.1. The first kappa shape index (κ1) is 13.3. The number of ether oxygens (including phenoxy) is 1. The van der Waals surface area contributed by atoms with E-state index in [-0.39, 0.29) is 20.5 Å². The van der Waals surface area contributed by atoms with Crippen LogP contribution in [0, 0.1) is 0 Å². The van der Waals surface area contributed by atoms with Crippen molar-refractivity contribution in [3.63, 3.8) is 0 Å². The predicted molar refractivity (Wildman–Crippen MR) is 69.6 cm³/mol. The number of rotatable bonds is 3. The van der Waals surface area contributed by atoms with Crippen LogP contribution < -0.4 is 0 Å². The monoisotopic (exact) mass is 315 g/mol. The molecule has 0 N–H and O–H groups in total. The van der Waals surface area contributed by atoms with Crippen LogP contribution in [0.3, 0.4) is 0 Å². The van der Waals surface area contributed by atoms with Gasteiger partial charge in [-0.1, -0.05) is 0 Å². The summed E-state index contributed by atoms with van der Waals surface area (Å²) in [4.78, 5) is 11.8. The third-order valence-corrected chi connectivity index (χ3v) is 5.48. The van der Waals surface area contributed by atoms with E-state index in [4.69, 9.17) is 4.74 Å². The van der Waals surface area contributed by atoms with E-state index in [1.807, 2.05) is 14.1 Å². The molecule has 18 heavy (non-hydrogen) atoms. The Bertz CT molecular complexity index is 480. The minimum atomic E-state index is -0.253. The van der Waals surface area contributed by atoms with E-state index in [1.54, 1.807) is 5.01 Å². The molecule has 0 bridgehead atoms. The van der Waals surface area contributed by atoms with Crippen molar-refractivity contribution in [1.82, 2.24) is 5.01 Å². The zero-order valence-electron chi connectivity index (χ0n) is 10.9. The van der Waals surface area contributed by atoms with Crippen LogP contribution in [0.4, 0.5) is 5.69 Å². The Morgan fingerprint density at radius 3 is 2.72 bits per heavy atom. The molecule has 0 radical (unpaired) electrons. The summed E-state index contributed by atoms with van der Waals surface area (Å²) in [6.45, 7) is 0. The Morgan fingerprint density at radius 2 is 2.06 bits per heavy atom. The number of carbonyl (C=O) groups is 1. The van der Waals surface area contributed by atoms with E-state index < -0.39 is 0 Å². The van der Waals surface area contributed by atoms with E-state index in [1.165, 1.54) is 30.0 Å². The SMILES string of the molecule is COC(=O)c1[se]c2c(c1N=NN(C)C)CCCC2. The molecule has 0 unspecified atom stereocenters. The second-order valence-electron chi connectivity index (χ2n) is 4.42. The molecule has 1 heterocycles. The number of esters is 1. The second-order valence-corrected chi connectivity index (χ2v) is 6.74. The summed E-state index contributed by atoms with van der Waals surface area (Å²) in [6, 6.07) is 0. The molecule has 0 spiro atoms. The first-order valence-corrected chi connectivity index (χ1v) is 7.66. The quantitative estimate of drug-likeness (QED) is 0.371. The van der Waals surface area contributed by atoms with Crippen LogP contribution in [0.5, 0.6) is 0 Å². The van der Waals surface area contributed by atoms with E-state index in [0.717, 1.165) is 23.0 Å². The van der Waals surface area contributed by atoms with Crippen molar-refractivity contribution in [2.75, 3.05) is 21.2 Å². The molecule has 1 aromatic heterocycles. The van der Waals surface area contributed by atoms with Crippen molar-refractivity contribution in [3.8, 4) is 0 Å². The molecule has 0 saturated carbocycles. The van der Waals surface area contributed by atoms with Crippen LogP contribution in [0.25, 0.3) is 0 Å². The van der Waals surface area contributed by atoms with Gasteiger partial charge in [0.15, 0.2) is 0 Å². The van der Waals surface area contributed by atoms with Gasteiger partial charge in [-0.3, -0.25) is 0 Å². The fraction of sp³-hybridized carbons (Fsp3) is 0.583.